The highest BCUT2D eigenvalue weighted by atomic mass is 16.6. The lowest BCUT2D eigenvalue weighted by molar-refractivity contribution is -0.384. The standard InChI is InChI=1S/C19H21N5O4/c1-23(2)15-5-3-4-12(10-15)18(25)21-22-19(26)13-6-9-16(20-14-7-8-14)17(11-13)24(27)28/h3-6,9-11,14,20H,7-8H2,1-2H3,(H,21,25)(H,22,26). The molecule has 2 aromatic carbocycles. The molecule has 3 N–H and O–H groups in total. The Morgan fingerprint density at radius 2 is 1.68 bits per heavy atom. The van der Waals surface area contributed by atoms with Gasteiger partial charge in [-0.1, -0.05) is 6.07 Å². The van der Waals surface area contributed by atoms with Crippen molar-refractivity contribution in [2.24, 2.45) is 0 Å². The Hall–Kier alpha value is -3.62. The molecule has 0 aliphatic heterocycles. The number of hydrogen-bond acceptors (Lipinski definition) is 6. The Kier molecular flexibility index (Phi) is 5.44. The Labute approximate surface area is 161 Å². The van der Waals surface area contributed by atoms with Gasteiger partial charge in [0, 0.05) is 43.0 Å². The molecular weight excluding hydrogens is 362 g/mol. The van der Waals surface area contributed by atoms with E-state index in [4.69, 9.17) is 0 Å². The number of nitro benzene ring substituents is 1. The first-order valence-electron chi connectivity index (χ1n) is 8.78. The number of carbonyl (C=O) groups is 2. The summed E-state index contributed by atoms with van der Waals surface area (Å²) in [4.78, 5) is 37.2. The van der Waals surface area contributed by atoms with Gasteiger partial charge in [0.15, 0.2) is 0 Å². The number of hydrazine groups is 1. The summed E-state index contributed by atoms with van der Waals surface area (Å²) in [5.41, 5.74) is 6.12. The predicted molar refractivity (Wildman–Crippen MR) is 105 cm³/mol. The van der Waals surface area contributed by atoms with E-state index in [9.17, 15) is 19.7 Å². The first-order chi connectivity index (χ1) is 13.3. The van der Waals surface area contributed by atoms with E-state index in [-0.39, 0.29) is 17.3 Å². The van der Waals surface area contributed by atoms with Crippen molar-refractivity contribution in [1.29, 1.82) is 0 Å². The Bertz CT molecular complexity index is 924. The lowest BCUT2D eigenvalue weighted by Gasteiger charge is -2.14. The summed E-state index contributed by atoms with van der Waals surface area (Å²) in [6.45, 7) is 0. The van der Waals surface area contributed by atoms with Crippen LogP contribution in [0.2, 0.25) is 0 Å². The molecule has 1 fully saturated rings. The molecule has 0 saturated heterocycles. The topological polar surface area (TPSA) is 117 Å². The van der Waals surface area contributed by atoms with Crippen LogP contribution in [0.4, 0.5) is 17.1 Å². The zero-order chi connectivity index (χ0) is 20.3. The molecular formula is C19H21N5O4. The van der Waals surface area contributed by atoms with Gasteiger partial charge < -0.3 is 10.2 Å². The van der Waals surface area contributed by atoms with Crippen molar-refractivity contribution in [3.05, 3.63) is 63.7 Å². The van der Waals surface area contributed by atoms with Crippen LogP contribution in [0.5, 0.6) is 0 Å². The summed E-state index contributed by atoms with van der Waals surface area (Å²) >= 11 is 0. The van der Waals surface area contributed by atoms with Crippen molar-refractivity contribution in [3.8, 4) is 0 Å². The number of nitrogens with one attached hydrogen (secondary N) is 3. The maximum Gasteiger partial charge on any atom is 0.293 e. The lowest BCUT2D eigenvalue weighted by atomic mass is 10.1. The van der Waals surface area contributed by atoms with Crippen LogP contribution < -0.4 is 21.1 Å². The maximum atomic E-state index is 12.3. The first-order valence-corrected chi connectivity index (χ1v) is 8.78. The lowest BCUT2D eigenvalue weighted by Crippen LogP contribution is -2.41. The summed E-state index contributed by atoms with van der Waals surface area (Å²) in [5.74, 6) is -1.13. The zero-order valence-corrected chi connectivity index (χ0v) is 15.6. The van der Waals surface area contributed by atoms with Gasteiger partial charge in [-0.05, 0) is 43.2 Å². The van der Waals surface area contributed by atoms with Gasteiger partial charge in [0.25, 0.3) is 17.5 Å². The number of carbonyl (C=O) groups excluding carboxylic acids is 2. The second-order valence-corrected chi connectivity index (χ2v) is 6.76. The number of nitro groups is 1. The second kappa shape index (κ2) is 7.95. The van der Waals surface area contributed by atoms with Crippen molar-refractivity contribution in [1.82, 2.24) is 10.9 Å². The van der Waals surface area contributed by atoms with Crippen molar-refractivity contribution in [2.75, 3.05) is 24.3 Å². The Balaban J connectivity index is 1.67. The summed E-state index contributed by atoms with van der Waals surface area (Å²) in [5, 5.41) is 14.4. The average Bonchev–Trinajstić information content (AvgIpc) is 3.50. The molecule has 28 heavy (non-hydrogen) atoms. The molecule has 1 aliphatic rings. The van der Waals surface area contributed by atoms with Crippen LogP contribution in [0.25, 0.3) is 0 Å². The van der Waals surface area contributed by atoms with Crippen LogP contribution in [-0.2, 0) is 0 Å². The molecule has 0 heterocycles. The minimum Gasteiger partial charge on any atom is -0.378 e. The third kappa shape index (κ3) is 4.56. The van der Waals surface area contributed by atoms with Gasteiger partial charge >= 0.3 is 0 Å². The smallest absolute Gasteiger partial charge is 0.293 e. The van der Waals surface area contributed by atoms with E-state index in [0.717, 1.165) is 18.5 Å². The summed E-state index contributed by atoms with van der Waals surface area (Å²) < 4.78 is 0. The highest BCUT2D eigenvalue weighted by Crippen LogP contribution is 2.31. The van der Waals surface area contributed by atoms with Gasteiger partial charge in [0.05, 0.1) is 4.92 Å². The minimum atomic E-state index is -0.641. The molecule has 0 radical (unpaired) electrons. The van der Waals surface area contributed by atoms with Crippen molar-refractivity contribution in [2.45, 2.75) is 18.9 Å². The molecule has 0 bridgehead atoms. The number of hydrogen-bond donors (Lipinski definition) is 3. The minimum absolute atomic E-state index is 0.0791. The summed E-state index contributed by atoms with van der Waals surface area (Å²) in [6, 6.07) is 11.3. The molecule has 9 nitrogen and oxygen atoms in total. The van der Waals surface area contributed by atoms with E-state index in [0.29, 0.717) is 11.3 Å². The fourth-order valence-electron chi connectivity index (χ4n) is 2.58. The van der Waals surface area contributed by atoms with Crippen molar-refractivity contribution >= 4 is 28.9 Å². The van der Waals surface area contributed by atoms with Crippen LogP contribution in [0.3, 0.4) is 0 Å². The molecule has 0 unspecified atom stereocenters. The van der Waals surface area contributed by atoms with E-state index < -0.39 is 16.7 Å². The fourth-order valence-corrected chi connectivity index (χ4v) is 2.58. The van der Waals surface area contributed by atoms with Gasteiger partial charge in [0.1, 0.15) is 5.69 Å². The number of amides is 2. The first kappa shape index (κ1) is 19.2. The third-order valence-corrected chi connectivity index (χ3v) is 4.31. The van der Waals surface area contributed by atoms with E-state index in [1.807, 2.05) is 25.1 Å². The van der Waals surface area contributed by atoms with Crippen molar-refractivity contribution < 1.29 is 14.5 Å². The van der Waals surface area contributed by atoms with E-state index in [1.54, 1.807) is 18.2 Å². The van der Waals surface area contributed by atoms with Crippen LogP contribution in [-0.4, -0.2) is 36.9 Å². The second-order valence-electron chi connectivity index (χ2n) is 6.76. The largest absolute Gasteiger partial charge is 0.378 e. The fraction of sp³-hybridized carbons (Fsp3) is 0.263. The van der Waals surface area contributed by atoms with Gasteiger partial charge in [-0.2, -0.15) is 0 Å². The van der Waals surface area contributed by atoms with Crippen LogP contribution in [0, 0.1) is 10.1 Å². The van der Waals surface area contributed by atoms with Crippen molar-refractivity contribution in [3.63, 3.8) is 0 Å². The van der Waals surface area contributed by atoms with Gasteiger partial charge in [0.2, 0.25) is 0 Å². The monoisotopic (exact) mass is 383 g/mol. The predicted octanol–water partition coefficient (Wildman–Crippen LogP) is 2.31. The molecule has 9 heteroatoms. The molecule has 1 saturated carbocycles. The van der Waals surface area contributed by atoms with E-state index >= 15 is 0 Å². The number of rotatable bonds is 6. The molecule has 2 aromatic rings. The molecule has 0 aromatic heterocycles. The van der Waals surface area contributed by atoms with Crippen LogP contribution >= 0.6 is 0 Å². The Morgan fingerprint density at radius 1 is 1.04 bits per heavy atom. The van der Waals surface area contributed by atoms with Crippen LogP contribution in [0.1, 0.15) is 33.6 Å². The van der Waals surface area contributed by atoms with E-state index in [1.165, 1.54) is 18.2 Å². The zero-order valence-electron chi connectivity index (χ0n) is 15.6. The quantitative estimate of drug-likeness (QED) is 0.521. The highest BCUT2D eigenvalue weighted by molar-refractivity contribution is 6.00. The van der Waals surface area contributed by atoms with Gasteiger partial charge in [-0.15, -0.1) is 0 Å². The van der Waals surface area contributed by atoms with Gasteiger partial charge in [-0.3, -0.25) is 30.6 Å². The molecule has 146 valence electrons. The molecule has 1 aliphatic carbocycles. The molecule has 0 atom stereocenters. The maximum absolute atomic E-state index is 12.3. The van der Waals surface area contributed by atoms with Crippen LogP contribution in [0.15, 0.2) is 42.5 Å². The average molecular weight is 383 g/mol. The van der Waals surface area contributed by atoms with E-state index in [2.05, 4.69) is 16.2 Å². The summed E-state index contributed by atoms with van der Waals surface area (Å²) in [6.07, 6.45) is 1.95. The Morgan fingerprint density at radius 3 is 2.25 bits per heavy atom. The molecule has 2 amide bonds. The normalized spacial score (nSPS) is 12.8. The molecule has 0 spiro atoms. The highest BCUT2D eigenvalue weighted by Gasteiger charge is 2.25. The number of anilines is 2. The van der Waals surface area contributed by atoms with Gasteiger partial charge in [-0.25, -0.2) is 0 Å². The molecule has 3 rings (SSSR count). The number of benzene rings is 2. The summed E-state index contributed by atoms with van der Waals surface area (Å²) in [7, 11) is 3.71. The third-order valence-electron chi connectivity index (χ3n) is 4.31. The SMILES string of the molecule is CN(C)c1cccc(C(=O)NNC(=O)c2ccc(NC3CC3)c([N+](=O)[O-])c2)c1. The number of nitrogens with zero attached hydrogens (tertiary/aromatic N) is 2.